The molecule has 6 nitrogen and oxygen atoms in total. The number of nitrogens with one attached hydrogen (secondary N) is 2. The van der Waals surface area contributed by atoms with Crippen molar-refractivity contribution in [1.82, 2.24) is 14.9 Å². The van der Waals surface area contributed by atoms with E-state index in [0.29, 0.717) is 36.2 Å². The van der Waals surface area contributed by atoms with E-state index in [0.717, 1.165) is 18.4 Å². The van der Waals surface area contributed by atoms with Crippen LogP contribution in [0.3, 0.4) is 0 Å². The fourth-order valence-electron chi connectivity index (χ4n) is 2.59. The monoisotopic (exact) mass is 393 g/mol. The molecule has 2 rings (SSSR count). The molecule has 2 amide bonds. The second-order valence-electron chi connectivity index (χ2n) is 5.90. The van der Waals surface area contributed by atoms with E-state index in [-0.39, 0.29) is 11.9 Å². The van der Waals surface area contributed by atoms with Crippen molar-refractivity contribution in [3.05, 3.63) is 33.8 Å². The number of nitrogens with zero attached hydrogens (tertiary/aromatic N) is 1. The predicted octanol–water partition coefficient (Wildman–Crippen LogP) is 2.46. The Labute approximate surface area is 152 Å². The molecule has 0 unspecified atom stereocenters. The number of amides is 2. The lowest BCUT2D eigenvalue weighted by Crippen LogP contribution is -2.43. The molecule has 0 aliphatic carbocycles. The van der Waals surface area contributed by atoms with Crippen molar-refractivity contribution in [2.45, 2.75) is 19.4 Å². The molecule has 134 valence electrons. The molecular formula is C15H21Cl2N3O3S. The first-order valence-corrected chi connectivity index (χ1v) is 10.3. The van der Waals surface area contributed by atoms with Crippen LogP contribution < -0.4 is 10.6 Å². The van der Waals surface area contributed by atoms with E-state index < -0.39 is 10.0 Å². The molecule has 24 heavy (non-hydrogen) atoms. The van der Waals surface area contributed by atoms with Crippen LogP contribution in [0.15, 0.2) is 18.2 Å². The lowest BCUT2D eigenvalue weighted by molar-refractivity contribution is 0.231. The highest BCUT2D eigenvalue weighted by Gasteiger charge is 2.24. The summed E-state index contributed by atoms with van der Waals surface area (Å²) in [5, 5.41) is 6.63. The molecule has 0 saturated carbocycles. The van der Waals surface area contributed by atoms with Crippen LogP contribution in [0.5, 0.6) is 0 Å². The fraction of sp³-hybridized carbons (Fsp3) is 0.533. The Bertz CT molecular complexity index is 689. The van der Waals surface area contributed by atoms with E-state index in [1.54, 1.807) is 18.2 Å². The van der Waals surface area contributed by atoms with E-state index in [2.05, 4.69) is 10.6 Å². The van der Waals surface area contributed by atoms with Crippen molar-refractivity contribution in [2.75, 3.05) is 25.9 Å². The molecule has 1 aromatic carbocycles. The fourth-order valence-corrected chi connectivity index (χ4v) is 3.93. The van der Waals surface area contributed by atoms with Crippen molar-refractivity contribution >= 4 is 39.3 Å². The molecule has 1 aliphatic rings. The molecule has 1 aliphatic heterocycles. The minimum atomic E-state index is -3.12. The molecule has 0 spiro atoms. The number of rotatable bonds is 5. The molecule has 1 aromatic rings. The van der Waals surface area contributed by atoms with Crippen LogP contribution in [0.1, 0.15) is 18.4 Å². The highest BCUT2D eigenvalue weighted by molar-refractivity contribution is 7.88. The van der Waals surface area contributed by atoms with Crippen molar-refractivity contribution < 1.29 is 13.2 Å². The van der Waals surface area contributed by atoms with Gasteiger partial charge in [0.25, 0.3) is 0 Å². The SMILES string of the molecule is CS(=O)(=O)N1CCC(CNC(=O)NCc2ccc(Cl)cc2Cl)CC1. The number of urea groups is 1. The average Bonchev–Trinajstić information content (AvgIpc) is 2.51. The summed E-state index contributed by atoms with van der Waals surface area (Å²) in [7, 11) is -3.12. The highest BCUT2D eigenvalue weighted by Crippen LogP contribution is 2.21. The minimum Gasteiger partial charge on any atom is -0.338 e. The number of halogens is 2. The summed E-state index contributed by atoms with van der Waals surface area (Å²) in [4.78, 5) is 11.9. The van der Waals surface area contributed by atoms with Crippen LogP contribution in [-0.4, -0.2) is 44.6 Å². The van der Waals surface area contributed by atoms with Gasteiger partial charge in [-0.1, -0.05) is 29.3 Å². The topological polar surface area (TPSA) is 78.5 Å². The van der Waals surface area contributed by atoms with Gasteiger partial charge in [0.15, 0.2) is 0 Å². The molecule has 1 heterocycles. The third-order valence-electron chi connectivity index (χ3n) is 4.05. The number of carbonyl (C=O) groups is 1. The summed E-state index contributed by atoms with van der Waals surface area (Å²) in [6, 6.07) is 4.85. The molecule has 1 fully saturated rings. The zero-order valence-corrected chi connectivity index (χ0v) is 15.7. The number of piperidine rings is 1. The summed E-state index contributed by atoms with van der Waals surface area (Å²) >= 11 is 11.9. The third-order valence-corrected chi connectivity index (χ3v) is 5.94. The Morgan fingerprint density at radius 2 is 1.92 bits per heavy atom. The summed E-state index contributed by atoms with van der Waals surface area (Å²) < 4.78 is 24.4. The lowest BCUT2D eigenvalue weighted by Gasteiger charge is -2.30. The summed E-state index contributed by atoms with van der Waals surface area (Å²) in [6.07, 6.45) is 2.72. The zero-order valence-electron chi connectivity index (χ0n) is 13.4. The first-order valence-electron chi connectivity index (χ1n) is 7.66. The van der Waals surface area contributed by atoms with Crippen LogP contribution in [0, 0.1) is 5.92 Å². The standard InChI is InChI=1S/C15H21Cl2N3O3S/c1-24(22,23)20-6-4-11(5-7-20)9-18-15(21)19-10-12-2-3-13(16)8-14(12)17/h2-3,8,11H,4-7,9-10H2,1H3,(H2,18,19,21). The van der Waals surface area contributed by atoms with Crippen LogP contribution >= 0.6 is 23.2 Å². The van der Waals surface area contributed by atoms with Crippen molar-refractivity contribution in [3.8, 4) is 0 Å². The van der Waals surface area contributed by atoms with Gasteiger partial charge in [-0.25, -0.2) is 17.5 Å². The quantitative estimate of drug-likeness (QED) is 0.806. The third kappa shape index (κ3) is 5.81. The van der Waals surface area contributed by atoms with Crippen molar-refractivity contribution in [3.63, 3.8) is 0 Å². The summed E-state index contributed by atoms with van der Waals surface area (Å²) in [6.45, 7) is 1.85. The van der Waals surface area contributed by atoms with E-state index in [1.807, 2.05) is 0 Å². The predicted molar refractivity (Wildman–Crippen MR) is 95.8 cm³/mol. The van der Waals surface area contributed by atoms with Gasteiger partial charge in [-0.15, -0.1) is 0 Å². The van der Waals surface area contributed by atoms with E-state index in [1.165, 1.54) is 10.6 Å². The molecule has 9 heteroatoms. The van der Waals surface area contributed by atoms with Gasteiger partial charge in [-0.05, 0) is 36.5 Å². The highest BCUT2D eigenvalue weighted by atomic mass is 35.5. The normalized spacial score (nSPS) is 16.8. The Hall–Kier alpha value is -1.02. The van der Waals surface area contributed by atoms with E-state index in [9.17, 15) is 13.2 Å². The van der Waals surface area contributed by atoms with Crippen molar-refractivity contribution in [1.29, 1.82) is 0 Å². The maximum absolute atomic E-state index is 11.9. The Morgan fingerprint density at radius 3 is 2.50 bits per heavy atom. The van der Waals surface area contributed by atoms with Gasteiger partial charge < -0.3 is 10.6 Å². The summed E-state index contributed by atoms with van der Waals surface area (Å²) in [5.74, 6) is 0.285. The van der Waals surface area contributed by atoms with Crippen molar-refractivity contribution in [2.24, 2.45) is 5.92 Å². The largest absolute Gasteiger partial charge is 0.338 e. The zero-order chi connectivity index (χ0) is 17.7. The maximum atomic E-state index is 11.9. The van der Waals surface area contributed by atoms with Crippen LogP contribution in [0.2, 0.25) is 10.0 Å². The second kappa shape index (κ2) is 8.38. The van der Waals surface area contributed by atoms with Gasteiger partial charge in [0.2, 0.25) is 10.0 Å². The number of benzene rings is 1. The summed E-state index contributed by atoms with van der Waals surface area (Å²) in [5.41, 5.74) is 0.790. The van der Waals surface area contributed by atoms with E-state index in [4.69, 9.17) is 23.2 Å². The molecule has 1 saturated heterocycles. The average molecular weight is 394 g/mol. The van der Waals surface area contributed by atoms with Gasteiger partial charge in [-0.2, -0.15) is 0 Å². The molecule has 0 radical (unpaired) electrons. The van der Waals surface area contributed by atoms with Gasteiger partial charge >= 0.3 is 6.03 Å². The Balaban J connectivity index is 1.70. The van der Waals surface area contributed by atoms with Crippen LogP contribution in [-0.2, 0) is 16.6 Å². The number of sulfonamides is 1. The van der Waals surface area contributed by atoms with Gasteiger partial charge in [0.1, 0.15) is 0 Å². The molecule has 0 atom stereocenters. The number of hydrogen-bond donors (Lipinski definition) is 2. The van der Waals surface area contributed by atoms with Crippen LogP contribution in [0.4, 0.5) is 4.79 Å². The number of carbonyl (C=O) groups excluding carboxylic acids is 1. The number of hydrogen-bond acceptors (Lipinski definition) is 3. The van der Waals surface area contributed by atoms with Gasteiger partial charge in [-0.3, -0.25) is 0 Å². The lowest BCUT2D eigenvalue weighted by atomic mass is 9.98. The molecule has 2 N–H and O–H groups in total. The Kier molecular flexibility index (Phi) is 6.74. The first kappa shape index (κ1) is 19.3. The smallest absolute Gasteiger partial charge is 0.315 e. The maximum Gasteiger partial charge on any atom is 0.315 e. The Morgan fingerprint density at radius 1 is 1.25 bits per heavy atom. The van der Waals surface area contributed by atoms with E-state index >= 15 is 0 Å². The second-order valence-corrected chi connectivity index (χ2v) is 8.73. The van der Waals surface area contributed by atoms with Gasteiger partial charge in [0, 0.05) is 36.2 Å². The molecule has 0 bridgehead atoms. The molecule has 0 aromatic heterocycles. The molecular weight excluding hydrogens is 373 g/mol. The minimum absolute atomic E-state index is 0.272. The first-order chi connectivity index (χ1) is 11.3. The van der Waals surface area contributed by atoms with Gasteiger partial charge in [0.05, 0.1) is 6.26 Å². The van der Waals surface area contributed by atoms with Crippen LogP contribution in [0.25, 0.3) is 0 Å².